The maximum absolute atomic E-state index is 11.0. The molecule has 6 nitrogen and oxygen atoms in total. The van der Waals surface area contributed by atoms with E-state index < -0.39 is 10.9 Å². The highest BCUT2D eigenvalue weighted by atomic mass is 16.6. The van der Waals surface area contributed by atoms with Crippen LogP contribution in [-0.4, -0.2) is 29.6 Å². The summed E-state index contributed by atoms with van der Waals surface area (Å²) < 4.78 is 0. The van der Waals surface area contributed by atoms with Crippen molar-refractivity contribution in [3.63, 3.8) is 0 Å². The highest BCUT2D eigenvalue weighted by molar-refractivity contribution is 5.92. The summed E-state index contributed by atoms with van der Waals surface area (Å²) in [6, 6.07) is 3.88. The number of aromatic carboxylic acids is 1. The van der Waals surface area contributed by atoms with Crippen LogP contribution in [0, 0.1) is 22.0 Å². The third-order valence-corrected chi connectivity index (χ3v) is 2.18. The van der Waals surface area contributed by atoms with Gasteiger partial charge in [0.2, 0.25) is 0 Å². The van der Waals surface area contributed by atoms with Crippen molar-refractivity contribution in [2.75, 3.05) is 13.6 Å². The lowest BCUT2D eigenvalue weighted by molar-refractivity contribution is -0.385. The second-order valence-electron chi connectivity index (χ2n) is 3.42. The normalized spacial score (nSPS) is 9.39. The summed E-state index contributed by atoms with van der Waals surface area (Å²) in [4.78, 5) is 21.2. The fourth-order valence-corrected chi connectivity index (χ4v) is 1.34. The summed E-state index contributed by atoms with van der Waals surface area (Å²) in [5.74, 6) is 4.05. The molecule has 0 aliphatic heterocycles. The molecule has 94 valence electrons. The first-order chi connectivity index (χ1) is 8.57. The van der Waals surface area contributed by atoms with E-state index in [4.69, 9.17) is 5.11 Å². The van der Waals surface area contributed by atoms with E-state index in [1.807, 2.05) is 0 Å². The van der Waals surface area contributed by atoms with Crippen LogP contribution in [0.2, 0.25) is 0 Å². The molecule has 0 radical (unpaired) electrons. The second kappa shape index (κ2) is 6.37. The standard InChI is InChI=1S/C12H12N2O4/c1-13-8-3-2-5-9-10(12(15)16)6-4-7-11(9)14(17)18/h4,6-7,13H,3,8H2,1H3,(H,15,16). The molecule has 0 heterocycles. The Morgan fingerprint density at radius 3 is 2.83 bits per heavy atom. The summed E-state index contributed by atoms with van der Waals surface area (Å²) in [6.07, 6.45) is 0.488. The minimum atomic E-state index is -1.23. The van der Waals surface area contributed by atoms with Crippen molar-refractivity contribution < 1.29 is 14.8 Å². The number of carbonyl (C=O) groups is 1. The Bertz CT molecular complexity index is 496. The van der Waals surface area contributed by atoms with Crippen LogP contribution >= 0.6 is 0 Å². The lowest BCUT2D eigenvalue weighted by Crippen LogP contribution is -2.06. The van der Waals surface area contributed by atoms with Gasteiger partial charge in [0.1, 0.15) is 5.56 Å². The quantitative estimate of drug-likeness (QED) is 0.362. The van der Waals surface area contributed by atoms with Gasteiger partial charge >= 0.3 is 5.97 Å². The van der Waals surface area contributed by atoms with Crippen LogP contribution in [0.5, 0.6) is 0 Å². The predicted octanol–water partition coefficient (Wildman–Crippen LogP) is 1.25. The average molecular weight is 248 g/mol. The number of nitrogens with zero attached hydrogens (tertiary/aromatic N) is 1. The maximum Gasteiger partial charge on any atom is 0.337 e. The van der Waals surface area contributed by atoms with Crippen molar-refractivity contribution in [1.29, 1.82) is 0 Å². The SMILES string of the molecule is CNCCC#Cc1c(C(=O)O)cccc1[N+](=O)[O-]. The fraction of sp³-hybridized carbons (Fsp3) is 0.250. The van der Waals surface area contributed by atoms with Crippen molar-refractivity contribution in [3.8, 4) is 11.8 Å². The van der Waals surface area contributed by atoms with E-state index in [9.17, 15) is 14.9 Å². The summed E-state index contributed by atoms with van der Waals surface area (Å²) in [5.41, 5.74) is -0.487. The number of nitro benzene ring substituents is 1. The van der Waals surface area contributed by atoms with Crippen LogP contribution in [-0.2, 0) is 0 Å². The molecule has 0 amide bonds. The molecular formula is C12H12N2O4. The largest absolute Gasteiger partial charge is 0.478 e. The number of benzene rings is 1. The molecule has 0 saturated heterocycles. The Morgan fingerprint density at radius 1 is 1.56 bits per heavy atom. The maximum atomic E-state index is 11.0. The Morgan fingerprint density at radius 2 is 2.28 bits per heavy atom. The average Bonchev–Trinajstić information content (AvgIpc) is 2.34. The molecule has 0 fully saturated rings. The first kappa shape index (κ1) is 13.7. The van der Waals surface area contributed by atoms with Crippen molar-refractivity contribution in [3.05, 3.63) is 39.4 Å². The first-order valence-corrected chi connectivity index (χ1v) is 5.22. The van der Waals surface area contributed by atoms with Crippen molar-refractivity contribution in [1.82, 2.24) is 5.32 Å². The van der Waals surface area contributed by atoms with Gasteiger partial charge in [-0.1, -0.05) is 17.9 Å². The predicted molar refractivity (Wildman–Crippen MR) is 65.5 cm³/mol. The minimum Gasteiger partial charge on any atom is -0.478 e. The van der Waals surface area contributed by atoms with Gasteiger partial charge in [-0.25, -0.2) is 4.79 Å². The third-order valence-electron chi connectivity index (χ3n) is 2.18. The van der Waals surface area contributed by atoms with Gasteiger partial charge in [-0.2, -0.15) is 0 Å². The highest BCUT2D eigenvalue weighted by Crippen LogP contribution is 2.21. The number of nitro groups is 1. The van der Waals surface area contributed by atoms with Crippen LogP contribution in [0.3, 0.4) is 0 Å². The van der Waals surface area contributed by atoms with E-state index in [1.54, 1.807) is 7.05 Å². The van der Waals surface area contributed by atoms with E-state index in [0.717, 1.165) is 0 Å². The Hall–Kier alpha value is -2.39. The Labute approximate surface area is 104 Å². The molecule has 1 aromatic rings. The lowest BCUT2D eigenvalue weighted by atomic mass is 10.1. The van der Waals surface area contributed by atoms with Gasteiger partial charge in [-0.3, -0.25) is 10.1 Å². The number of nitrogens with one attached hydrogen (secondary N) is 1. The van der Waals surface area contributed by atoms with E-state index in [-0.39, 0.29) is 16.8 Å². The molecule has 0 unspecified atom stereocenters. The summed E-state index contributed by atoms with van der Waals surface area (Å²) in [7, 11) is 1.76. The van der Waals surface area contributed by atoms with E-state index >= 15 is 0 Å². The van der Waals surface area contributed by atoms with Crippen LogP contribution in [0.4, 0.5) is 5.69 Å². The summed E-state index contributed by atoms with van der Waals surface area (Å²) in [6.45, 7) is 0.635. The topological polar surface area (TPSA) is 92.5 Å². The van der Waals surface area contributed by atoms with Crippen molar-refractivity contribution >= 4 is 11.7 Å². The number of hydrogen-bond acceptors (Lipinski definition) is 4. The van der Waals surface area contributed by atoms with E-state index in [2.05, 4.69) is 17.2 Å². The van der Waals surface area contributed by atoms with Crippen molar-refractivity contribution in [2.45, 2.75) is 6.42 Å². The van der Waals surface area contributed by atoms with Crippen LogP contribution in [0.25, 0.3) is 0 Å². The van der Waals surface area contributed by atoms with Gasteiger partial charge in [0.25, 0.3) is 5.69 Å². The Kier molecular flexibility index (Phi) is 4.84. The monoisotopic (exact) mass is 248 g/mol. The molecule has 0 saturated carbocycles. The number of carboxylic acid groups (broad SMARTS) is 1. The number of rotatable bonds is 4. The van der Waals surface area contributed by atoms with Gasteiger partial charge < -0.3 is 10.4 Å². The highest BCUT2D eigenvalue weighted by Gasteiger charge is 2.19. The van der Waals surface area contributed by atoms with Crippen molar-refractivity contribution in [2.24, 2.45) is 0 Å². The van der Waals surface area contributed by atoms with Gasteiger partial charge in [-0.05, 0) is 13.1 Å². The molecule has 0 aliphatic rings. The zero-order valence-corrected chi connectivity index (χ0v) is 9.77. The molecule has 0 aliphatic carbocycles. The van der Waals surface area contributed by atoms with E-state index in [1.165, 1.54) is 18.2 Å². The molecular weight excluding hydrogens is 236 g/mol. The lowest BCUT2D eigenvalue weighted by Gasteiger charge is -2.00. The molecule has 6 heteroatoms. The zero-order valence-electron chi connectivity index (χ0n) is 9.77. The van der Waals surface area contributed by atoms with Gasteiger partial charge in [0.15, 0.2) is 0 Å². The van der Waals surface area contributed by atoms with Crippen LogP contribution < -0.4 is 5.32 Å². The van der Waals surface area contributed by atoms with Gasteiger partial charge in [0.05, 0.1) is 10.5 Å². The molecule has 0 spiro atoms. The molecule has 2 N–H and O–H groups in total. The zero-order chi connectivity index (χ0) is 13.5. The van der Waals surface area contributed by atoms with E-state index in [0.29, 0.717) is 13.0 Å². The van der Waals surface area contributed by atoms with Crippen LogP contribution in [0.1, 0.15) is 22.3 Å². The third kappa shape index (κ3) is 3.30. The fourth-order valence-electron chi connectivity index (χ4n) is 1.34. The molecule has 1 rings (SSSR count). The Balaban J connectivity index is 3.22. The summed E-state index contributed by atoms with van der Waals surface area (Å²) >= 11 is 0. The molecule has 0 atom stereocenters. The van der Waals surface area contributed by atoms with Gasteiger partial charge in [-0.15, -0.1) is 0 Å². The molecule has 0 aromatic heterocycles. The number of carboxylic acids is 1. The minimum absolute atomic E-state index is 0.0499. The second-order valence-corrected chi connectivity index (χ2v) is 3.42. The van der Waals surface area contributed by atoms with Gasteiger partial charge in [0, 0.05) is 19.0 Å². The molecule has 1 aromatic carbocycles. The number of hydrogen-bond donors (Lipinski definition) is 2. The molecule has 18 heavy (non-hydrogen) atoms. The smallest absolute Gasteiger partial charge is 0.337 e. The first-order valence-electron chi connectivity index (χ1n) is 5.22. The summed E-state index contributed by atoms with van der Waals surface area (Å²) in [5, 5.41) is 22.7. The molecule has 0 bridgehead atoms. The van der Waals surface area contributed by atoms with Crippen LogP contribution in [0.15, 0.2) is 18.2 Å².